The number of benzene rings is 3. The van der Waals surface area contributed by atoms with Gasteiger partial charge in [-0.15, -0.1) is 4.09 Å². The zero-order chi connectivity index (χ0) is 68.9. The van der Waals surface area contributed by atoms with Crippen molar-refractivity contribution in [3.05, 3.63) is 194 Å². The van der Waals surface area contributed by atoms with E-state index in [2.05, 4.69) is 87.5 Å². The fourth-order valence-corrected chi connectivity index (χ4v) is 14.5. The summed E-state index contributed by atoms with van der Waals surface area (Å²) < 4.78 is 99.6. The van der Waals surface area contributed by atoms with Crippen molar-refractivity contribution >= 4 is 121 Å². The van der Waals surface area contributed by atoms with Crippen LogP contribution in [0.15, 0.2) is 201 Å². The van der Waals surface area contributed by atoms with Gasteiger partial charge in [0.25, 0.3) is 49.5 Å². The highest BCUT2D eigenvalue weighted by molar-refractivity contribution is 7.90. The lowest BCUT2D eigenvalue weighted by molar-refractivity contribution is -0.123. The van der Waals surface area contributed by atoms with Gasteiger partial charge in [0.2, 0.25) is 5.88 Å². The van der Waals surface area contributed by atoms with Crippen LogP contribution >= 0.6 is 0 Å². The molecule has 3 N–H and O–H groups in total. The van der Waals surface area contributed by atoms with Gasteiger partial charge in [0.05, 0.1) is 45.1 Å². The number of aromatic nitrogens is 11. The Balaban J connectivity index is 0.000000149. The fourth-order valence-electron chi connectivity index (χ4n) is 10.6. The Bertz CT molecular complexity index is 5040. The minimum absolute atomic E-state index is 0.0857. The average Bonchev–Trinajstić information content (AvgIpc) is 1.64. The van der Waals surface area contributed by atoms with Gasteiger partial charge < -0.3 is 43.8 Å². The summed E-state index contributed by atoms with van der Waals surface area (Å²) >= 11 is 0. The maximum Gasteiger partial charge on any atom is 0.290 e. The van der Waals surface area contributed by atoms with Crippen LogP contribution in [0.3, 0.4) is 0 Å². The molecule has 32 heteroatoms. The second-order valence-corrected chi connectivity index (χ2v) is 27.0. The molecular weight excluding hydrogens is 1310 g/mol. The summed E-state index contributed by atoms with van der Waals surface area (Å²) in [5, 5.41) is 39.0. The molecule has 12 aromatic rings. The molecular formula is C65H62N14O15S3. The van der Waals surface area contributed by atoms with Crippen molar-refractivity contribution in [2.24, 2.45) is 0 Å². The van der Waals surface area contributed by atoms with E-state index in [0.29, 0.717) is 72.7 Å². The van der Waals surface area contributed by atoms with E-state index in [4.69, 9.17) is 43.5 Å². The molecule has 0 fully saturated rings. The number of para-hydroxylation sites is 1. The van der Waals surface area contributed by atoms with Crippen LogP contribution in [0, 0.1) is 0 Å². The molecule has 0 saturated carbocycles. The topological polar surface area (TPSA) is 377 Å². The lowest BCUT2D eigenvalue weighted by Crippen LogP contribution is -2.24. The number of pyridine rings is 4. The lowest BCUT2D eigenvalue weighted by Gasteiger charge is -2.21. The molecule has 12 heterocycles. The normalized spacial score (nSPS) is 14.5. The van der Waals surface area contributed by atoms with Gasteiger partial charge in [-0.05, 0) is 148 Å². The first kappa shape index (κ1) is 68.7. The molecule has 29 nitrogen and oxygen atoms in total. The third-order valence-corrected chi connectivity index (χ3v) is 20.3. The Labute approximate surface area is 554 Å². The first-order valence-electron chi connectivity index (χ1n) is 29.5. The summed E-state index contributed by atoms with van der Waals surface area (Å²) in [6.45, 7) is 4.40. The molecule has 0 radical (unpaired) electrons. The average molecular weight is 1380 g/mol. The molecule has 9 aromatic heterocycles. The summed E-state index contributed by atoms with van der Waals surface area (Å²) in [4.78, 5) is 49.4. The maximum absolute atomic E-state index is 13.5. The monoisotopic (exact) mass is 1370 g/mol. The van der Waals surface area contributed by atoms with Crippen LogP contribution in [0.2, 0.25) is 0 Å². The smallest absolute Gasteiger partial charge is 0.290 e. The quantitative estimate of drug-likeness (QED) is 0.102. The van der Waals surface area contributed by atoms with E-state index >= 15 is 0 Å². The molecule has 97 heavy (non-hydrogen) atoms. The summed E-state index contributed by atoms with van der Waals surface area (Å²) in [6.07, 6.45) is 19.7. The van der Waals surface area contributed by atoms with Crippen molar-refractivity contribution in [1.29, 1.82) is 0 Å². The third kappa shape index (κ3) is 15.2. The third-order valence-electron chi connectivity index (χ3n) is 15.5. The van der Waals surface area contributed by atoms with Crippen LogP contribution in [0.5, 0.6) is 11.6 Å². The second-order valence-electron chi connectivity index (χ2n) is 21.7. The first-order valence-corrected chi connectivity index (χ1v) is 33.8. The van der Waals surface area contributed by atoms with E-state index in [9.17, 15) is 25.3 Å². The maximum atomic E-state index is 13.5. The fraction of sp³-hybridized carbons (Fsp3) is 0.185. The van der Waals surface area contributed by atoms with Gasteiger partial charge >= 0.3 is 0 Å². The number of ether oxygens (including phenoxy) is 1. The number of carboxylic acid groups (broad SMARTS) is 3. The summed E-state index contributed by atoms with van der Waals surface area (Å²) in [5.41, 5.74) is 8.99. The SMILES string of the molecule is CN1CC=C(c2cn(S(=O)(=O)c3ccc(Oc4ccccc4)nc3)c3cccnc23)CC1.CN1CC=C(c2nn(S(=O)(=O)c3ccc4oncc4c3)c3cccnc23)CC1.CN1CC=C(c2nn(S(=O)(=O)c3ccc4oncc4c3)c3ncccc23)CC1.O=CO.O=CO.O=CO. The molecule has 3 aliphatic rings. The van der Waals surface area contributed by atoms with Crippen molar-refractivity contribution in [3.8, 4) is 11.6 Å². The lowest BCUT2D eigenvalue weighted by atomic mass is 10.0. The number of rotatable bonds is 11. The van der Waals surface area contributed by atoms with Crippen molar-refractivity contribution in [1.82, 2.24) is 67.3 Å². The highest BCUT2D eigenvalue weighted by atomic mass is 32.2. The van der Waals surface area contributed by atoms with Crippen LogP contribution in [0.1, 0.15) is 36.2 Å². The van der Waals surface area contributed by atoms with Gasteiger partial charge in [0.15, 0.2) is 16.8 Å². The number of fused-ring (bicyclic) bond motifs is 5. The Morgan fingerprint density at radius 2 is 0.990 bits per heavy atom. The van der Waals surface area contributed by atoms with E-state index in [1.54, 1.807) is 79.4 Å². The molecule has 15 rings (SSSR count). The first-order chi connectivity index (χ1) is 46.8. The van der Waals surface area contributed by atoms with Crippen LogP contribution < -0.4 is 4.74 Å². The van der Waals surface area contributed by atoms with Crippen molar-refractivity contribution < 1.29 is 68.7 Å². The highest BCUT2D eigenvalue weighted by Crippen LogP contribution is 2.35. The van der Waals surface area contributed by atoms with Crippen molar-refractivity contribution in [2.75, 3.05) is 60.4 Å². The molecule has 0 aliphatic carbocycles. The van der Waals surface area contributed by atoms with E-state index in [-0.39, 0.29) is 34.1 Å². The van der Waals surface area contributed by atoms with E-state index < -0.39 is 30.1 Å². The minimum Gasteiger partial charge on any atom is -0.483 e. The van der Waals surface area contributed by atoms with Crippen LogP contribution in [-0.2, 0) is 44.5 Å². The standard InChI is InChI=1S/C24H22N4O3S.2C19H17N5O3S.3CH2O2/c1-27-14-11-18(12-15-27)21-17-28(22-8-5-13-25-24(21)22)32(29,30)20-9-10-23(26-16-20)31-19-6-3-2-4-7-19;1-23-9-6-13(7-10-23)18-19-16(3-2-8-20-19)24(22-18)28(25,26)15-4-5-17-14(11-15)12-21-27-17;1-23-9-6-13(7-10-23)18-16-3-2-8-20-19(16)24(22-18)28(25,26)15-4-5-17-14(11-15)12-21-27-17;3*2-1-3/h2-11,13,16-17H,12,14-15H2,1H3;2*2-6,8,11-12H,7,9-10H2,1H3;3*1H,(H,2,3). The van der Waals surface area contributed by atoms with Crippen molar-refractivity contribution in [2.45, 2.75) is 33.9 Å². The molecule has 0 saturated heterocycles. The predicted octanol–water partition coefficient (Wildman–Crippen LogP) is 8.34. The van der Waals surface area contributed by atoms with Gasteiger partial charge in [-0.3, -0.25) is 24.4 Å². The van der Waals surface area contributed by atoms with Gasteiger partial charge in [-0.2, -0.15) is 31.1 Å². The molecule has 0 atom stereocenters. The van der Waals surface area contributed by atoms with Crippen LogP contribution in [0.4, 0.5) is 0 Å². The predicted molar refractivity (Wildman–Crippen MR) is 358 cm³/mol. The number of hydrogen-bond donors (Lipinski definition) is 3. The zero-order valence-electron chi connectivity index (χ0n) is 52.1. The van der Waals surface area contributed by atoms with E-state index in [1.807, 2.05) is 43.4 Å². The van der Waals surface area contributed by atoms with Crippen LogP contribution in [-0.4, -0.2) is 188 Å². The van der Waals surface area contributed by atoms with E-state index in [0.717, 1.165) is 94.4 Å². The molecule has 0 bridgehead atoms. The summed E-state index contributed by atoms with van der Waals surface area (Å²) in [7, 11) is -5.53. The molecule has 0 spiro atoms. The highest BCUT2D eigenvalue weighted by Gasteiger charge is 2.30. The van der Waals surface area contributed by atoms with Gasteiger partial charge in [0.1, 0.15) is 27.4 Å². The number of nitrogens with zero attached hydrogens (tertiary/aromatic N) is 14. The Kier molecular flexibility index (Phi) is 21.6. The summed E-state index contributed by atoms with van der Waals surface area (Å²) in [6, 6.07) is 32.2. The molecule has 3 aliphatic heterocycles. The number of carbonyl (C=O) groups is 3. The summed E-state index contributed by atoms with van der Waals surface area (Å²) in [5.74, 6) is 0.959. The Morgan fingerprint density at radius 1 is 0.495 bits per heavy atom. The second kappa shape index (κ2) is 30.5. The molecule has 0 amide bonds. The Morgan fingerprint density at radius 3 is 1.54 bits per heavy atom. The number of hydrogen-bond acceptors (Lipinski definition) is 23. The van der Waals surface area contributed by atoms with E-state index in [1.165, 1.54) is 46.8 Å². The zero-order valence-corrected chi connectivity index (χ0v) is 54.5. The van der Waals surface area contributed by atoms with Crippen LogP contribution in [0.25, 0.3) is 71.8 Å². The molecule has 0 unspecified atom stereocenters. The van der Waals surface area contributed by atoms with Gasteiger partial charge in [-0.1, -0.05) is 46.7 Å². The molecule has 500 valence electrons. The van der Waals surface area contributed by atoms with Gasteiger partial charge in [0, 0.05) is 91.8 Å². The van der Waals surface area contributed by atoms with Crippen molar-refractivity contribution in [3.63, 3.8) is 0 Å². The molecule has 3 aromatic carbocycles. The van der Waals surface area contributed by atoms with Gasteiger partial charge in [-0.25, -0.2) is 22.4 Å². The minimum atomic E-state index is -3.93. The largest absolute Gasteiger partial charge is 0.483 e. The Hall–Kier alpha value is -11.2. The number of likely N-dealkylation sites (N-methyl/N-ethyl adjacent to an activating group) is 3.